The fourth-order valence-electron chi connectivity index (χ4n) is 2.02. The van der Waals surface area contributed by atoms with Crippen LogP contribution in [0, 0.1) is 13.8 Å². The Labute approximate surface area is 149 Å². The summed E-state index contributed by atoms with van der Waals surface area (Å²) >= 11 is 2.66. The topological polar surface area (TPSA) is 92.3 Å². The highest BCUT2D eigenvalue weighted by atomic mass is 32.2. The molecule has 1 aromatic heterocycles. The van der Waals surface area contributed by atoms with Crippen molar-refractivity contribution in [3.05, 3.63) is 29.3 Å². The Bertz CT molecular complexity index is 849. The van der Waals surface area contributed by atoms with Crippen LogP contribution in [-0.2, 0) is 14.8 Å². The molecule has 2 rings (SSSR count). The van der Waals surface area contributed by atoms with E-state index in [1.54, 1.807) is 12.1 Å². The molecule has 2 aromatic rings. The minimum Gasteiger partial charge on any atom is -0.299 e. The average molecular weight is 387 g/mol. The van der Waals surface area contributed by atoms with Crippen LogP contribution in [0.25, 0.3) is 0 Å². The van der Waals surface area contributed by atoms with Gasteiger partial charge in [-0.2, -0.15) is 0 Å². The number of rotatable bonds is 6. The van der Waals surface area contributed by atoms with Gasteiger partial charge in [-0.15, -0.1) is 10.2 Å². The normalized spacial score (nSPS) is 11.3. The number of carbonyl (C=O) groups excluding carboxylic acids is 1. The molecule has 0 bridgehead atoms. The van der Waals surface area contributed by atoms with E-state index in [4.69, 9.17) is 0 Å². The van der Waals surface area contributed by atoms with Crippen molar-refractivity contribution in [3.63, 3.8) is 0 Å². The number of aromatic nitrogens is 2. The fourth-order valence-corrected chi connectivity index (χ4v) is 4.11. The van der Waals surface area contributed by atoms with Crippen molar-refractivity contribution in [2.45, 2.75) is 18.2 Å². The molecule has 1 heterocycles. The maximum absolute atomic E-state index is 12.3. The van der Waals surface area contributed by atoms with Gasteiger partial charge in [-0.3, -0.25) is 14.4 Å². The molecule has 0 aliphatic heterocycles. The van der Waals surface area contributed by atoms with E-state index in [9.17, 15) is 13.2 Å². The van der Waals surface area contributed by atoms with Crippen molar-refractivity contribution in [1.82, 2.24) is 10.2 Å². The average Bonchev–Trinajstić information content (AvgIpc) is 2.94. The van der Waals surface area contributed by atoms with Gasteiger partial charge < -0.3 is 0 Å². The summed E-state index contributed by atoms with van der Waals surface area (Å²) in [6, 6.07) is 5.35. The highest BCUT2D eigenvalue weighted by Gasteiger charge is 2.23. The van der Waals surface area contributed by atoms with Crippen LogP contribution in [-0.4, -0.2) is 43.6 Å². The molecule has 0 unspecified atom stereocenters. The van der Waals surface area contributed by atoms with Crippen molar-refractivity contribution in [2.24, 2.45) is 0 Å². The Kier molecular flexibility index (Phi) is 5.83. The molecule has 1 aromatic carbocycles. The zero-order valence-corrected chi connectivity index (χ0v) is 16.2. The number of sulfonamides is 1. The van der Waals surface area contributed by atoms with E-state index in [0.29, 0.717) is 10.8 Å². The third-order valence-electron chi connectivity index (χ3n) is 3.36. The van der Waals surface area contributed by atoms with E-state index < -0.39 is 15.9 Å². The van der Waals surface area contributed by atoms with Gasteiger partial charge >= 0.3 is 0 Å². The monoisotopic (exact) mass is 386 g/mol. The van der Waals surface area contributed by atoms with Crippen LogP contribution in [0.3, 0.4) is 0 Å². The van der Waals surface area contributed by atoms with Gasteiger partial charge in [-0.05, 0) is 37.3 Å². The summed E-state index contributed by atoms with van der Waals surface area (Å²) in [5, 5.41) is 10.7. The highest BCUT2D eigenvalue weighted by Crippen LogP contribution is 2.26. The van der Waals surface area contributed by atoms with Crippen molar-refractivity contribution >= 4 is 49.8 Å². The largest absolute Gasteiger partial charge is 0.299 e. The summed E-state index contributed by atoms with van der Waals surface area (Å²) in [5.74, 6) is -0.467. The van der Waals surface area contributed by atoms with Crippen molar-refractivity contribution < 1.29 is 13.2 Å². The molecule has 1 amide bonds. The molecule has 0 fully saturated rings. The molecule has 130 valence electrons. The smallest absolute Gasteiger partial charge is 0.246 e. The molecule has 7 nitrogen and oxygen atoms in total. The lowest BCUT2D eigenvalue weighted by Gasteiger charge is -2.24. The molecule has 0 aliphatic carbocycles. The van der Waals surface area contributed by atoms with E-state index >= 15 is 0 Å². The van der Waals surface area contributed by atoms with Crippen LogP contribution in [0.2, 0.25) is 0 Å². The SMILES string of the molecule is CSc1nnc(NC(=O)CN(c2cccc(C)c2C)S(C)(=O)=O)s1. The molecule has 0 atom stereocenters. The summed E-state index contributed by atoms with van der Waals surface area (Å²) in [6.07, 6.45) is 2.94. The maximum atomic E-state index is 12.3. The molecule has 0 saturated heterocycles. The summed E-state index contributed by atoms with van der Waals surface area (Å²) in [4.78, 5) is 12.3. The number of nitrogens with zero attached hydrogens (tertiary/aromatic N) is 3. The molecule has 1 N–H and O–H groups in total. The highest BCUT2D eigenvalue weighted by molar-refractivity contribution is 8.00. The van der Waals surface area contributed by atoms with Gasteiger partial charge in [0.05, 0.1) is 11.9 Å². The Morgan fingerprint density at radius 2 is 2.04 bits per heavy atom. The first-order valence-corrected chi connectivity index (χ1v) is 10.8. The van der Waals surface area contributed by atoms with Crippen molar-refractivity contribution in [3.8, 4) is 0 Å². The Morgan fingerprint density at radius 3 is 2.62 bits per heavy atom. The van der Waals surface area contributed by atoms with Gasteiger partial charge in [-0.1, -0.05) is 35.2 Å². The maximum Gasteiger partial charge on any atom is 0.246 e. The van der Waals surface area contributed by atoms with Crippen LogP contribution in [0.1, 0.15) is 11.1 Å². The van der Waals surface area contributed by atoms with Crippen LogP contribution < -0.4 is 9.62 Å². The molecular weight excluding hydrogens is 368 g/mol. The first-order valence-electron chi connectivity index (χ1n) is 6.93. The zero-order valence-electron chi connectivity index (χ0n) is 13.7. The number of benzene rings is 1. The lowest BCUT2D eigenvalue weighted by atomic mass is 10.1. The number of anilines is 2. The van der Waals surface area contributed by atoms with Gasteiger partial charge in [-0.25, -0.2) is 8.42 Å². The predicted molar refractivity (Wildman–Crippen MR) is 98.4 cm³/mol. The Hall–Kier alpha value is -1.65. The van der Waals surface area contributed by atoms with E-state index in [-0.39, 0.29) is 6.54 Å². The Morgan fingerprint density at radius 1 is 1.33 bits per heavy atom. The molecular formula is C14H18N4O3S3. The van der Waals surface area contributed by atoms with Gasteiger partial charge in [0.25, 0.3) is 0 Å². The lowest BCUT2D eigenvalue weighted by molar-refractivity contribution is -0.114. The fraction of sp³-hybridized carbons (Fsp3) is 0.357. The molecule has 0 radical (unpaired) electrons. The van der Waals surface area contributed by atoms with Crippen molar-refractivity contribution in [1.29, 1.82) is 0 Å². The molecule has 0 saturated carbocycles. The van der Waals surface area contributed by atoms with Crippen LogP contribution in [0.15, 0.2) is 22.5 Å². The first kappa shape index (κ1) is 18.7. The third-order valence-corrected chi connectivity index (χ3v) is 6.30. The number of amides is 1. The van der Waals surface area contributed by atoms with Crippen LogP contribution in [0.5, 0.6) is 0 Å². The molecule has 0 spiro atoms. The van der Waals surface area contributed by atoms with Crippen LogP contribution in [0.4, 0.5) is 10.8 Å². The number of hydrogen-bond acceptors (Lipinski definition) is 7. The second-order valence-corrected chi connectivity index (χ2v) is 9.05. The van der Waals surface area contributed by atoms with Crippen LogP contribution >= 0.6 is 23.1 Å². The molecule has 10 heteroatoms. The van der Waals surface area contributed by atoms with Gasteiger partial charge in [0, 0.05) is 0 Å². The minimum atomic E-state index is -3.61. The summed E-state index contributed by atoms with van der Waals surface area (Å²) in [7, 11) is -3.61. The first-order chi connectivity index (χ1) is 11.2. The third kappa shape index (κ3) is 4.46. The zero-order chi connectivity index (χ0) is 17.9. The summed E-state index contributed by atoms with van der Waals surface area (Å²) in [5.41, 5.74) is 2.27. The summed E-state index contributed by atoms with van der Waals surface area (Å²) in [6.45, 7) is 3.40. The van der Waals surface area contributed by atoms with Gasteiger partial charge in [0.2, 0.25) is 21.1 Å². The second-order valence-electron chi connectivity index (χ2n) is 5.11. The molecule has 24 heavy (non-hydrogen) atoms. The number of aryl methyl sites for hydroxylation is 1. The van der Waals surface area contributed by atoms with E-state index in [0.717, 1.165) is 26.0 Å². The second kappa shape index (κ2) is 7.49. The standard InChI is InChI=1S/C14H18N4O3S3/c1-9-6-5-7-11(10(9)2)18(24(4,20)21)8-12(19)15-13-16-17-14(22-3)23-13/h5-7H,8H2,1-4H3,(H,15,16,19). The van der Waals surface area contributed by atoms with E-state index in [1.807, 2.05) is 26.2 Å². The van der Waals surface area contributed by atoms with Crippen molar-refractivity contribution in [2.75, 3.05) is 28.7 Å². The minimum absolute atomic E-state index is 0.322. The van der Waals surface area contributed by atoms with Gasteiger partial charge in [0.1, 0.15) is 6.54 Å². The quantitative estimate of drug-likeness (QED) is 0.605. The molecule has 0 aliphatic rings. The van der Waals surface area contributed by atoms with E-state index in [1.165, 1.54) is 23.1 Å². The van der Waals surface area contributed by atoms with Gasteiger partial charge in [0.15, 0.2) is 4.34 Å². The number of nitrogens with one attached hydrogen (secondary N) is 1. The number of thioether (sulfide) groups is 1. The lowest BCUT2D eigenvalue weighted by Crippen LogP contribution is -2.38. The number of hydrogen-bond donors (Lipinski definition) is 1. The summed E-state index contributed by atoms with van der Waals surface area (Å²) < 4.78 is 26.1. The predicted octanol–water partition coefficient (Wildman–Crippen LogP) is 2.28. The van der Waals surface area contributed by atoms with E-state index in [2.05, 4.69) is 15.5 Å². The number of carbonyl (C=O) groups is 1. The Balaban J connectivity index is 2.23.